The Balaban J connectivity index is 1.89. The summed E-state index contributed by atoms with van der Waals surface area (Å²) in [5.74, 6) is 1.42. The Hall–Kier alpha value is -2.82. The van der Waals surface area contributed by atoms with Crippen molar-refractivity contribution >= 4 is 11.4 Å². The number of aromatic amines is 1. The Labute approximate surface area is 123 Å². The van der Waals surface area contributed by atoms with Crippen molar-refractivity contribution in [1.29, 1.82) is 0 Å². The normalized spacial score (nSPS) is 10.6. The van der Waals surface area contributed by atoms with Crippen LogP contribution >= 0.6 is 0 Å². The van der Waals surface area contributed by atoms with Gasteiger partial charge in [-0.1, -0.05) is 0 Å². The van der Waals surface area contributed by atoms with E-state index in [2.05, 4.69) is 32.2 Å². The van der Waals surface area contributed by atoms with Gasteiger partial charge < -0.3 is 10.6 Å². The molecule has 0 saturated carbocycles. The first-order chi connectivity index (χ1) is 10.1. The molecule has 0 aliphatic rings. The van der Waals surface area contributed by atoms with Crippen molar-refractivity contribution < 1.29 is 0 Å². The molecule has 21 heavy (non-hydrogen) atoms. The van der Waals surface area contributed by atoms with E-state index in [0.717, 1.165) is 28.3 Å². The van der Waals surface area contributed by atoms with Crippen molar-refractivity contribution in [3.63, 3.8) is 0 Å². The third kappa shape index (κ3) is 2.72. The molecule has 0 spiro atoms. The summed E-state index contributed by atoms with van der Waals surface area (Å²) in [6.07, 6.45) is 0. The zero-order valence-electron chi connectivity index (χ0n) is 12.0. The highest BCUT2D eigenvalue weighted by Crippen LogP contribution is 2.22. The maximum atomic E-state index is 5.69. The van der Waals surface area contributed by atoms with Crippen LogP contribution in [0.2, 0.25) is 0 Å². The summed E-state index contributed by atoms with van der Waals surface area (Å²) in [5, 5.41) is 7.24. The van der Waals surface area contributed by atoms with Crippen LogP contribution < -0.4 is 10.6 Å². The lowest BCUT2D eigenvalue weighted by atomic mass is 10.2. The molecule has 5 heteroatoms. The molecular formula is C16H17N5. The van der Waals surface area contributed by atoms with Crippen LogP contribution in [0.4, 0.5) is 11.4 Å². The molecule has 0 saturated heterocycles. The molecular weight excluding hydrogens is 262 g/mol. The zero-order chi connectivity index (χ0) is 14.8. The summed E-state index contributed by atoms with van der Waals surface area (Å²) in [6.45, 7) is 0. The minimum atomic E-state index is 0.687. The summed E-state index contributed by atoms with van der Waals surface area (Å²) in [4.78, 5) is 6.59. The standard InChI is InChI=1S/C16H17N5/c1-21(2)14-9-5-12(6-10-14)16-18-15(19-20-16)11-3-7-13(17)8-4-11/h3-10H,17H2,1-2H3,(H,18,19,20). The maximum Gasteiger partial charge on any atom is 0.181 e. The molecule has 0 atom stereocenters. The Morgan fingerprint density at radius 1 is 0.905 bits per heavy atom. The van der Waals surface area contributed by atoms with Crippen LogP contribution in [0.25, 0.3) is 22.8 Å². The lowest BCUT2D eigenvalue weighted by Gasteiger charge is -2.11. The number of nitrogen functional groups attached to an aromatic ring is 1. The van der Waals surface area contributed by atoms with E-state index in [1.165, 1.54) is 0 Å². The molecule has 0 amide bonds. The lowest BCUT2D eigenvalue weighted by Crippen LogP contribution is -2.07. The van der Waals surface area contributed by atoms with Crippen molar-refractivity contribution in [2.24, 2.45) is 0 Å². The molecule has 0 aliphatic carbocycles. The van der Waals surface area contributed by atoms with E-state index in [4.69, 9.17) is 5.73 Å². The van der Waals surface area contributed by atoms with Crippen molar-refractivity contribution in [3.05, 3.63) is 48.5 Å². The Kier molecular flexibility index (Phi) is 3.31. The number of hydrogen-bond donors (Lipinski definition) is 2. The number of rotatable bonds is 3. The van der Waals surface area contributed by atoms with Crippen molar-refractivity contribution in [2.75, 3.05) is 24.7 Å². The average Bonchev–Trinajstić information content (AvgIpc) is 2.98. The number of nitrogens with two attached hydrogens (primary N) is 1. The predicted molar refractivity (Wildman–Crippen MR) is 86.0 cm³/mol. The number of aromatic nitrogens is 3. The van der Waals surface area contributed by atoms with E-state index < -0.39 is 0 Å². The second kappa shape index (κ2) is 5.28. The van der Waals surface area contributed by atoms with Gasteiger partial charge in [-0.25, -0.2) is 4.98 Å². The zero-order valence-corrected chi connectivity index (χ0v) is 12.0. The van der Waals surface area contributed by atoms with Crippen LogP contribution in [0.3, 0.4) is 0 Å². The SMILES string of the molecule is CN(C)c1ccc(-c2n[nH]c(-c3ccc(N)cc3)n2)cc1. The second-order valence-electron chi connectivity index (χ2n) is 5.07. The van der Waals surface area contributed by atoms with Crippen LogP contribution in [0, 0.1) is 0 Å². The van der Waals surface area contributed by atoms with Crippen LogP contribution in [0.5, 0.6) is 0 Å². The van der Waals surface area contributed by atoms with Crippen LogP contribution in [0.1, 0.15) is 0 Å². The number of nitrogens with one attached hydrogen (secondary N) is 1. The quantitative estimate of drug-likeness (QED) is 0.723. The maximum absolute atomic E-state index is 5.69. The largest absolute Gasteiger partial charge is 0.399 e. The molecule has 3 rings (SSSR count). The van der Waals surface area contributed by atoms with Gasteiger partial charge in [0.05, 0.1) is 0 Å². The van der Waals surface area contributed by atoms with Crippen molar-refractivity contribution in [3.8, 4) is 22.8 Å². The minimum Gasteiger partial charge on any atom is -0.399 e. The monoisotopic (exact) mass is 279 g/mol. The van der Waals surface area contributed by atoms with Crippen LogP contribution in [-0.2, 0) is 0 Å². The molecule has 1 heterocycles. The van der Waals surface area contributed by atoms with Gasteiger partial charge in [0.1, 0.15) is 0 Å². The number of nitrogens with zero attached hydrogens (tertiary/aromatic N) is 3. The molecule has 0 unspecified atom stereocenters. The number of H-pyrrole nitrogens is 1. The fraction of sp³-hybridized carbons (Fsp3) is 0.125. The van der Waals surface area contributed by atoms with Gasteiger partial charge >= 0.3 is 0 Å². The van der Waals surface area contributed by atoms with Gasteiger partial charge in [-0.15, -0.1) is 0 Å². The molecule has 1 aromatic heterocycles. The molecule has 0 fully saturated rings. The first-order valence-corrected chi connectivity index (χ1v) is 6.69. The molecule has 3 aromatic rings. The summed E-state index contributed by atoms with van der Waals surface area (Å²) < 4.78 is 0. The summed E-state index contributed by atoms with van der Waals surface area (Å²) >= 11 is 0. The highest BCUT2D eigenvalue weighted by molar-refractivity contribution is 5.64. The molecule has 5 nitrogen and oxygen atoms in total. The number of benzene rings is 2. The van der Waals surface area contributed by atoms with E-state index in [1.54, 1.807) is 0 Å². The van der Waals surface area contributed by atoms with Gasteiger partial charge in [0.25, 0.3) is 0 Å². The molecule has 2 aromatic carbocycles. The predicted octanol–water partition coefficient (Wildman–Crippen LogP) is 2.79. The number of hydrogen-bond acceptors (Lipinski definition) is 4. The first kappa shape index (κ1) is 13.2. The molecule has 3 N–H and O–H groups in total. The van der Waals surface area contributed by atoms with Gasteiger partial charge in [-0.3, -0.25) is 5.10 Å². The molecule has 106 valence electrons. The highest BCUT2D eigenvalue weighted by Gasteiger charge is 2.08. The fourth-order valence-corrected chi connectivity index (χ4v) is 2.07. The molecule has 0 aliphatic heterocycles. The van der Waals surface area contributed by atoms with Gasteiger partial charge in [0.2, 0.25) is 0 Å². The summed E-state index contributed by atoms with van der Waals surface area (Å²) in [5.41, 5.74) is 9.52. The molecule has 0 bridgehead atoms. The van der Waals surface area contributed by atoms with Gasteiger partial charge in [0.15, 0.2) is 11.6 Å². The van der Waals surface area contributed by atoms with E-state index in [9.17, 15) is 0 Å². The average molecular weight is 279 g/mol. The highest BCUT2D eigenvalue weighted by atomic mass is 15.2. The van der Waals surface area contributed by atoms with Crippen molar-refractivity contribution in [2.45, 2.75) is 0 Å². The Morgan fingerprint density at radius 2 is 1.52 bits per heavy atom. The van der Waals surface area contributed by atoms with Gasteiger partial charge in [0, 0.05) is 36.6 Å². The second-order valence-corrected chi connectivity index (χ2v) is 5.07. The van der Waals surface area contributed by atoms with Crippen LogP contribution in [0.15, 0.2) is 48.5 Å². The Morgan fingerprint density at radius 3 is 2.14 bits per heavy atom. The van der Waals surface area contributed by atoms with Crippen LogP contribution in [-0.4, -0.2) is 29.3 Å². The van der Waals surface area contributed by atoms with Gasteiger partial charge in [-0.05, 0) is 48.5 Å². The lowest BCUT2D eigenvalue weighted by molar-refractivity contribution is 1.10. The van der Waals surface area contributed by atoms with Gasteiger partial charge in [-0.2, -0.15) is 5.10 Å². The third-order valence-corrected chi connectivity index (χ3v) is 3.31. The fourth-order valence-electron chi connectivity index (χ4n) is 2.07. The molecule has 0 radical (unpaired) electrons. The summed E-state index contributed by atoms with van der Waals surface area (Å²) in [7, 11) is 4.03. The Bertz CT molecular complexity index is 726. The van der Waals surface area contributed by atoms with E-state index in [0.29, 0.717) is 5.82 Å². The minimum absolute atomic E-state index is 0.687. The van der Waals surface area contributed by atoms with E-state index >= 15 is 0 Å². The van der Waals surface area contributed by atoms with E-state index in [1.807, 2.05) is 50.5 Å². The topological polar surface area (TPSA) is 70.8 Å². The third-order valence-electron chi connectivity index (χ3n) is 3.31. The number of anilines is 2. The summed E-state index contributed by atoms with van der Waals surface area (Å²) in [6, 6.07) is 15.7. The van der Waals surface area contributed by atoms with Crippen molar-refractivity contribution in [1.82, 2.24) is 15.2 Å². The smallest absolute Gasteiger partial charge is 0.181 e. The van der Waals surface area contributed by atoms with E-state index in [-0.39, 0.29) is 0 Å². The first-order valence-electron chi connectivity index (χ1n) is 6.69.